The molecule has 0 spiro atoms. The van der Waals surface area contributed by atoms with Crippen LogP contribution < -0.4 is 10.6 Å². The average Bonchev–Trinajstić information content (AvgIpc) is 2.35. The number of nitrogens with two attached hydrogens (primary N) is 1. The summed E-state index contributed by atoms with van der Waals surface area (Å²) in [6.07, 6.45) is 0. The number of carbonyl (C=O) groups is 1. The summed E-state index contributed by atoms with van der Waals surface area (Å²) in [5.74, 6) is -0.443. The summed E-state index contributed by atoms with van der Waals surface area (Å²) in [5, 5.41) is 0. The highest BCUT2D eigenvalue weighted by atomic mass is 32.1. The van der Waals surface area contributed by atoms with Crippen LogP contribution in [0, 0.1) is 5.82 Å². The van der Waals surface area contributed by atoms with Crippen molar-refractivity contribution in [1.82, 2.24) is 4.90 Å². The Balaban J connectivity index is 3.11. The normalized spacial score (nSPS) is 10.1. The van der Waals surface area contributed by atoms with E-state index in [4.69, 9.17) is 18.0 Å². The Hall–Kier alpha value is -1.69. The lowest BCUT2D eigenvalue weighted by atomic mass is 10.1. The number of nitrogens with zero attached hydrogens (tertiary/aromatic N) is 2. The van der Waals surface area contributed by atoms with Gasteiger partial charge in [-0.25, -0.2) is 4.39 Å². The number of anilines is 1. The van der Waals surface area contributed by atoms with Crippen LogP contribution in [0.3, 0.4) is 0 Å². The molecule has 0 fully saturated rings. The van der Waals surface area contributed by atoms with Gasteiger partial charge in [0.2, 0.25) is 5.91 Å². The van der Waals surface area contributed by atoms with Gasteiger partial charge in [-0.3, -0.25) is 4.79 Å². The van der Waals surface area contributed by atoms with Crippen molar-refractivity contribution in [2.75, 3.05) is 32.1 Å². The second kappa shape index (κ2) is 6.47. The largest absolute Gasteiger partial charge is 0.389 e. The summed E-state index contributed by atoms with van der Waals surface area (Å²) >= 11 is 4.93. The van der Waals surface area contributed by atoms with Crippen molar-refractivity contribution in [3.8, 4) is 0 Å². The van der Waals surface area contributed by atoms with Crippen molar-refractivity contribution in [3.05, 3.63) is 29.6 Å². The maximum absolute atomic E-state index is 13.3. The predicted octanol–water partition coefficient (Wildman–Crippen LogP) is 1.37. The number of halogens is 1. The lowest BCUT2D eigenvalue weighted by Gasteiger charge is -2.26. The maximum atomic E-state index is 13.3. The van der Waals surface area contributed by atoms with Gasteiger partial charge in [-0.05, 0) is 25.1 Å². The van der Waals surface area contributed by atoms with Crippen LogP contribution in [0.4, 0.5) is 10.1 Å². The molecule has 1 aromatic rings. The second-order valence-electron chi connectivity index (χ2n) is 4.33. The molecule has 19 heavy (non-hydrogen) atoms. The molecule has 0 saturated carbocycles. The molecule has 1 aromatic carbocycles. The van der Waals surface area contributed by atoms with Crippen molar-refractivity contribution in [2.45, 2.75) is 6.92 Å². The van der Waals surface area contributed by atoms with E-state index in [2.05, 4.69) is 0 Å². The lowest BCUT2D eigenvalue weighted by molar-refractivity contribution is -0.127. The van der Waals surface area contributed by atoms with Crippen LogP contribution in [0.25, 0.3) is 0 Å². The maximum Gasteiger partial charge on any atom is 0.241 e. The minimum atomic E-state index is -0.401. The molecular weight excluding hydrogens is 265 g/mol. The van der Waals surface area contributed by atoms with Gasteiger partial charge in [-0.15, -0.1) is 0 Å². The van der Waals surface area contributed by atoms with Gasteiger partial charge < -0.3 is 15.5 Å². The van der Waals surface area contributed by atoms with Gasteiger partial charge in [0.1, 0.15) is 10.8 Å². The topological polar surface area (TPSA) is 49.6 Å². The monoisotopic (exact) mass is 283 g/mol. The third kappa shape index (κ3) is 3.89. The zero-order valence-electron chi connectivity index (χ0n) is 11.3. The number of carbonyl (C=O) groups excluding carboxylic acids is 1. The molecule has 0 saturated heterocycles. The van der Waals surface area contributed by atoms with E-state index in [0.29, 0.717) is 17.8 Å². The summed E-state index contributed by atoms with van der Waals surface area (Å²) in [6, 6.07) is 4.22. The Kier molecular flexibility index (Phi) is 5.23. The number of hydrogen-bond donors (Lipinski definition) is 1. The van der Waals surface area contributed by atoms with E-state index in [0.717, 1.165) is 0 Å². The van der Waals surface area contributed by atoms with Crippen LogP contribution >= 0.6 is 12.2 Å². The Morgan fingerprint density at radius 1 is 1.42 bits per heavy atom. The van der Waals surface area contributed by atoms with Gasteiger partial charge in [-0.2, -0.15) is 0 Å². The molecule has 1 rings (SSSR count). The number of thiocarbonyl (C=S) groups is 1. The van der Waals surface area contributed by atoms with E-state index in [1.807, 2.05) is 11.8 Å². The zero-order chi connectivity index (χ0) is 14.6. The number of hydrogen-bond acceptors (Lipinski definition) is 3. The number of amides is 1. The van der Waals surface area contributed by atoms with Crippen LogP contribution in [0.1, 0.15) is 12.5 Å². The van der Waals surface area contributed by atoms with Crippen molar-refractivity contribution in [1.29, 1.82) is 0 Å². The minimum Gasteiger partial charge on any atom is -0.389 e. The van der Waals surface area contributed by atoms with Gasteiger partial charge in [0, 0.05) is 31.9 Å². The number of likely N-dealkylation sites (N-methyl/N-ethyl adjacent to an activating group) is 2. The van der Waals surface area contributed by atoms with Gasteiger partial charge in [0.15, 0.2) is 0 Å². The molecule has 0 aromatic heterocycles. The van der Waals surface area contributed by atoms with Crippen LogP contribution in [-0.2, 0) is 4.79 Å². The highest BCUT2D eigenvalue weighted by Gasteiger charge is 2.16. The summed E-state index contributed by atoms with van der Waals surface area (Å²) in [7, 11) is 3.38. The van der Waals surface area contributed by atoms with Gasteiger partial charge >= 0.3 is 0 Å². The molecule has 2 N–H and O–H groups in total. The molecule has 0 unspecified atom stereocenters. The van der Waals surface area contributed by atoms with E-state index in [-0.39, 0.29) is 17.4 Å². The van der Waals surface area contributed by atoms with Gasteiger partial charge in [-0.1, -0.05) is 12.2 Å². The Morgan fingerprint density at radius 3 is 2.53 bits per heavy atom. The molecule has 0 heterocycles. The first-order valence-corrected chi connectivity index (χ1v) is 6.32. The predicted molar refractivity (Wildman–Crippen MR) is 78.9 cm³/mol. The molecule has 0 aliphatic heterocycles. The molecule has 1 amide bonds. The summed E-state index contributed by atoms with van der Waals surface area (Å²) in [4.78, 5) is 15.2. The third-order valence-electron chi connectivity index (χ3n) is 2.77. The van der Waals surface area contributed by atoms with E-state index in [1.165, 1.54) is 17.0 Å². The summed E-state index contributed by atoms with van der Waals surface area (Å²) in [6.45, 7) is 2.71. The van der Waals surface area contributed by atoms with E-state index < -0.39 is 5.82 Å². The fraction of sp³-hybridized carbons (Fsp3) is 0.385. The van der Waals surface area contributed by atoms with Crippen molar-refractivity contribution in [2.24, 2.45) is 5.73 Å². The Morgan fingerprint density at radius 2 is 2.05 bits per heavy atom. The summed E-state index contributed by atoms with van der Waals surface area (Å²) in [5.41, 5.74) is 6.73. The second-order valence-corrected chi connectivity index (χ2v) is 4.77. The molecule has 6 heteroatoms. The van der Waals surface area contributed by atoms with E-state index in [1.54, 1.807) is 20.2 Å². The quantitative estimate of drug-likeness (QED) is 0.829. The molecular formula is C13H18FN3OS. The van der Waals surface area contributed by atoms with Crippen molar-refractivity contribution >= 4 is 28.8 Å². The van der Waals surface area contributed by atoms with Crippen LogP contribution in [0.5, 0.6) is 0 Å². The Labute approximate surface area is 118 Å². The SMILES string of the molecule is CCN(CC(=O)N(C)C)c1ccc(F)cc1C(N)=S. The Bertz CT molecular complexity index is 491. The molecule has 0 atom stereocenters. The fourth-order valence-corrected chi connectivity index (χ4v) is 1.82. The zero-order valence-corrected chi connectivity index (χ0v) is 12.1. The number of benzene rings is 1. The first-order valence-electron chi connectivity index (χ1n) is 5.91. The van der Waals surface area contributed by atoms with Crippen LogP contribution in [0.15, 0.2) is 18.2 Å². The van der Waals surface area contributed by atoms with Crippen molar-refractivity contribution < 1.29 is 9.18 Å². The molecule has 0 radical (unpaired) electrons. The first-order chi connectivity index (χ1) is 8.86. The van der Waals surface area contributed by atoms with Crippen LogP contribution in [0.2, 0.25) is 0 Å². The highest BCUT2D eigenvalue weighted by Crippen LogP contribution is 2.21. The van der Waals surface area contributed by atoms with Gasteiger partial charge in [0.25, 0.3) is 0 Å². The minimum absolute atomic E-state index is 0.0416. The van der Waals surface area contributed by atoms with E-state index >= 15 is 0 Å². The summed E-state index contributed by atoms with van der Waals surface area (Å²) < 4.78 is 13.3. The fourth-order valence-electron chi connectivity index (χ4n) is 1.65. The third-order valence-corrected chi connectivity index (χ3v) is 2.99. The van der Waals surface area contributed by atoms with Gasteiger partial charge in [0.05, 0.1) is 6.54 Å². The lowest BCUT2D eigenvalue weighted by Crippen LogP contribution is -2.37. The van der Waals surface area contributed by atoms with Crippen molar-refractivity contribution in [3.63, 3.8) is 0 Å². The number of rotatable bonds is 5. The molecule has 0 aliphatic carbocycles. The smallest absolute Gasteiger partial charge is 0.241 e. The van der Waals surface area contributed by atoms with Crippen LogP contribution in [-0.4, -0.2) is 43.0 Å². The first kappa shape index (κ1) is 15.4. The molecule has 0 bridgehead atoms. The average molecular weight is 283 g/mol. The standard InChI is InChI=1S/C13H18FN3OS/c1-4-17(8-12(18)16(2)3)11-6-5-9(14)7-10(11)13(15)19/h5-7H,4,8H2,1-3H3,(H2,15,19). The molecule has 0 aliphatic rings. The van der Waals surface area contributed by atoms with E-state index in [9.17, 15) is 9.18 Å². The molecule has 104 valence electrons. The highest BCUT2D eigenvalue weighted by molar-refractivity contribution is 7.80. The molecule has 4 nitrogen and oxygen atoms in total.